The lowest BCUT2D eigenvalue weighted by atomic mass is 9.71. The molecule has 1 spiro atoms. The molecule has 2 aliphatic heterocycles. The second-order valence-corrected chi connectivity index (χ2v) is 6.96. The van der Waals surface area contributed by atoms with Gasteiger partial charge in [-0.05, 0) is 55.6 Å². The van der Waals surface area contributed by atoms with Gasteiger partial charge in [-0.15, -0.1) is 23.7 Å². The Balaban J connectivity index is 0.00000147. The van der Waals surface area contributed by atoms with Crippen LogP contribution in [0.2, 0.25) is 5.02 Å². The summed E-state index contributed by atoms with van der Waals surface area (Å²) in [6, 6.07) is 1.80. The molecule has 20 heavy (non-hydrogen) atoms. The normalized spacial score (nSPS) is 21.6. The fourth-order valence-electron chi connectivity index (χ4n) is 3.23. The predicted octanol–water partition coefficient (Wildman–Crippen LogP) is 3.43. The molecule has 3 nitrogen and oxygen atoms in total. The molecule has 0 aromatic carbocycles. The summed E-state index contributed by atoms with van der Waals surface area (Å²) in [5.74, 6) is 0.115. The minimum atomic E-state index is 0. The smallest absolute Gasteiger partial charge is 0.265 e. The van der Waals surface area contributed by atoms with Gasteiger partial charge in [0.25, 0.3) is 5.91 Å². The van der Waals surface area contributed by atoms with E-state index in [-0.39, 0.29) is 18.3 Å². The molecule has 2 aliphatic rings. The number of hydrogen-bond acceptors (Lipinski definition) is 3. The van der Waals surface area contributed by atoms with E-state index >= 15 is 0 Å². The zero-order valence-corrected chi connectivity index (χ0v) is 13.8. The van der Waals surface area contributed by atoms with Crippen LogP contribution in [-0.2, 0) is 0 Å². The lowest BCUT2D eigenvalue weighted by Gasteiger charge is -2.44. The van der Waals surface area contributed by atoms with Crippen LogP contribution in [0.25, 0.3) is 0 Å². The topological polar surface area (TPSA) is 32.3 Å². The molecule has 2 saturated heterocycles. The van der Waals surface area contributed by atoms with Crippen LogP contribution in [-0.4, -0.2) is 37.0 Å². The third-order valence-corrected chi connectivity index (χ3v) is 5.92. The van der Waals surface area contributed by atoms with Crippen molar-refractivity contribution in [3.8, 4) is 0 Å². The second kappa shape index (κ2) is 6.65. The van der Waals surface area contributed by atoms with E-state index in [0.29, 0.717) is 15.3 Å². The van der Waals surface area contributed by atoms with E-state index in [0.717, 1.165) is 39.0 Å². The van der Waals surface area contributed by atoms with E-state index in [1.165, 1.54) is 24.2 Å². The summed E-state index contributed by atoms with van der Waals surface area (Å²) in [6.07, 6.45) is 4.80. The molecule has 0 aliphatic carbocycles. The van der Waals surface area contributed by atoms with Crippen molar-refractivity contribution in [2.24, 2.45) is 5.41 Å². The Morgan fingerprint density at radius 3 is 2.45 bits per heavy atom. The molecule has 6 heteroatoms. The first-order valence-corrected chi connectivity index (χ1v) is 8.19. The number of carbonyl (C=O) groups excluding carboxylic acids is 1. The molecule has 0 radical (unpaired) electrons. The van der Waals surface area contributed by atoms with Crippen molar-refractivity contribution in [1.82, 2.24) is 10.2 Å². The number of nitrogens with zero attached hydrogens (tertiary/aromatic N) is 1. The van der Waals surface area contributed by atoms with Crippen LogP contribution in [0.4, 0.5) is 0 Å². The zero-order chi connectivity index (χ0) is 13.3. The molecule has 0 saturated carbocycles. The maximum absolute atomic E-state index is 12.4. The molecule has 1 aromatic heterocycles. The van der Waals surface area contributed by atoms with Gasteiger partial charge < -0.3 is 10.2 Å². The number of carbonyl (C=O) groups is 1. The summed E-state index contributed by atoms with van der Waals surface area (Å²) in [5.41, 5.74) is 0.487. The first kappa shape index (κ1) is 16.1. The summed E-state index contributed by atoms with van der Waals surface area (Å²) >= 11 is 7.50. The van der Waals surface area contributed by atoms with Gasteiger partial charge >= 0.3 is 0 Å². The van der Waals surface area contributed by atoms with Gasteiger partial charge in [-0.2, -0.15) is 0 Å². The van der Waals surface area contributed by atoms with Gasteiger partial charge in [-0.25, -0.2) is 0 Å². The number of amides is 1. The SMILES string of the molecule is Cl.O=C(c1sccc1Cl)N1CCC2(CCNCC2)CC1. The Labute approximate surface area is 135 Å². The van der Waals surface area contributed by atoms with Gasteiger partial charge in [-0.1, -0.05) is 11.6 Å². The molecule has 0 unspecified atom stereocenters. The quantitative estimate of drug-likeness (QED) is 0.853. The lowest BCUT2D eigenvalue weighted by molar-refractivity contribution is 0.0500. The number of halogens is 2. The molecular formula is C14H20Cl2N2OS. The maximum atomic E-state index is 12.4. The van der Waals surface area contributed by atoms with Crippen LogP contribution in [0.3, 0.4) is 0 Å². The summed E-state index contributed by atoms with van der Waals surface area (Å²) in [7, 11) is 0. The summed E-state index contributed by atoms with van der Waals surface area (Å²) < 4.78 is 0. The highest BCUT2D eigenvalue weighted by Gasteiger charge is 2.37. The second-order valence-electron chi connectivity index (χ2n) is 5.64. The average Bonchev–Trinajstić information content (AvgIpc) is 2.86. The van der Waals surface area contributed by atoms with Gasteiger partial charge in [0.1, 0.15) is 4.88 Å². The summed E-state index contributed by atoms with van der Waals surface area (Å²) in [5, 5.41) is 5.90. The zero-order valence-electron chi connectivity index (χ0n) is 11.4. The number of hydrogen-bond donors (Lipinski definition) is 1. The average molecular weight is 335 g/mol. The fraction of sp³-hybridized carbons (Fsp3) is 0.643. The number of piperidine rings is 2. The van der Waals surface area contributed by atoms with Gasteiger partial charge in [-0.3, -0.25) is 4.79 Å². The Morgan fingerprint density at radius 2 is 1.90 bits per heavy atom. The van der Waals surface area contributed by atoms with E-state index in [1.54, 1.807) is 6.07 Å². The first-order valence-electron chi connectivity index (χ1n) is 6.93. The first-order chi connectivity index (χ1) is 9.20. The van der Waals surface area contributed by atoms with Crippen LogP contribution in [0.1, 0.15) is 35.4 Å². The summed E-state index contributed by atoms with van der Waals surface area (Å²) in [4.78, 5) is 15.1. The Kier molecular flexibility index (Phi) is 5.35. The molecule has 0 atom stereocenters. The largest absolute Gasteiger partial charge is 0.338 e. The van der Waals surface area contributed by atoms with E-state index < -0.39 is 0 Å². The molecule has 112 valence electrons. The van der Waals surface area contributed by atoms with E-state index in [4.69, 9.17) is 11.6 Å². The lowest BCUT2D eigenvalue weighted by Crippen LogP contribution is -2.47. The fourth-order valence-corrected chi connectivity index (χ4v) is 4.33. The molecule has 2 fully saturated rings. The number of rotatable bonds is 1. The van der Waals surface area contributed by atoms with E-state index in [1.807, 2.05) is 10.3 Å². The standard InChI is InChI=1S/C14H19ClN2OS.ClH/c15-11-1-10-19-12(11)13(18)17-8-4-14(5-9-17)2-6-16-7-3-14;/h1,10,16H,2-9H2;1H. The molecule has 0 bridgehead atoms. The van der Waals surface area contributed by atoms with E-state index in [2.05, 4.69) is 5.32 Å². The van der Waals surface area contributed by atoms with Crippen molar-refractivity contribution in [2.45, 2.75) is 25.7 Å². The molecular weight excluding hydrogens is 315 g/mol. The number of nitrogens with one attached hydrogen (secondary N) is 1. The van der Waals surface area contributed by atoms with Gasteiger partial charge in [0.15, 0.2) is 0 Å². The van der Waals surface area contributed by atoms with Crippen LogP contribution in [0, 0.1) is 5.41 Å². The Bertz CT molecular complexity index is 461. The number of likely N-dealkylation sites (tertiary alicyclic amines) is 1. The summed E-state index contributed by atoms with van der Waals surface area (Å²) in [6.45, 7) is 4.02. The minimum absolute atomic E-state index is 0. The molecule has 1 aromatic rings. The van der Waals surface area contributed by atoms with Crippen LogP contribution < -0.4 is 5.32 Å². The van der Waals surface area contributed by atoms with Crippen molar-refractivity contribution in [2.75, 3.05) is 26.2 Å². The highest BCUT2D eigenvalue weighted by Crippen LogP contribution is 2.40. The molecule has 1 amide bonds. The monoisotopic (exact) mass is 334 g/mol. The van der Waals surface area contributed by atoms with Crippen LogP contribution >= 0.6 is 35.3 Å². The Hall–Kier alpha value is -0.290. The van der Waals surface area contributed by atoms with Crippen molar-refractivity contribution in [1.29, 1.82) is 0 Å². The van der Waals surface area contributed by atoms with Gasteiger partial charge in [0, 0.05) is 13.1 Å². The predicted molar refractivity (Wildman–Crippen MR) is 86.3 cm³/mol. The van der Waals surface area contributed by atoms with E-state index in [9.17, 15) is 4.79 Å². The van der Waals surface area contributed by atoms with Crippen LogP contribution in [0.5, 0.6) is 0 Å². The molecule has 1 N–H and O–H groups in total. The highest BCUT2D eigenvalue weighted by molar-refractivity contribution is 7.12. The Morgan fingerprint density at radius 1 is 1.25 bits per heavy atom. The van der Waals surface area contributed by atoms with Gasteiger partial charge in [0.05, 0.1) is 5.02 Å². The van der Waals surface area contributed by atoms with Crippen molar-refractivity contribution < 1.29 is 4.79 Å². The third kappa shape index (κ3) is 3.14. The van der Waals surface area contributed by atoms with Crippen molar-refractivity contribution in [3.63, 3.8) is 0 Å². The van der Waals surface area contributed by atoms with Crippen molar-refractivity contribution >= 4 is 41.3 Å². The highest BCUT2D eigenvalue weighted by atomic mass is 35.5. The van der Waals surface area contributed by atoms with Crippen molar-refractivity contribution in [3.05, 3.63) is 21.3 Å². The maximum Gasteiger partial charge on any atom is 0.265 e. The third-order valence-electron chi connectivity index (χ3n) is 4.59. The van der Waals surface area contributed by atoms with Gasteiger partial charge in [0.2, 0.25) is 0 Å². The van der Waals surface area contributed by atoms with Crippen LogP contribution in [0.15, 0.2) is 11.4 Å². The molecule has 3 rings (SSSR count). The number of thiophene rings is 1. The molecule has 3 heterocycles. The minimum Gasteiger partial charge on any atom is -0.338 e.